The van der Waals surface area contributed by atoms with Crippen LogP contribution in [0.2, 0.25) is 0 Å². The molecule has 2 bridgehead atoms. The monoisotopic (exact) mass is 528 g/mol. The van der Waals surface area contributed by atoms with Gasteiger partial charge >= 0.3 is 6.18 Å². The van der Waals surface area contributed by atoms with Gasteiger partial charge in [0, 0.05) is 25.2 Å². The number of rotatable bonds is 5. The summed E-state index contributed by atoms with van der Waals surface area (Å²) in [7, 11) is 0. The summed E-state index contributed by atoms with van der Waals surface area (Å²) in [6.07, 6.45) is 4.16. The number of thiol groups is 1. The van der Waals surface area contributed by atoms with E-state index in [0.717, 1.165) is 29.9 Å². The van der Waals surface area contributed by atoms with E-state index in [1.54, 1.807) is 12.5 Å². The highest BCUT2D eigenvalue weighted by molar-refractivity contribution is 7.79. The molecule has 8 nitrogen and oxygen atoms in total. The lowest BCUT2D eigenvalue weighted by molar-refractivity contribution is -0.141. The Labute approximate surface area is 209 Å². The van der Waals surface area contributed by atoms with Crippen LogP contribution >= 0.6 is 12.6 Å². The number of hydrogen-bond acceptors (Lipinski definition) is 8. The summed E-state index contributed by atoms with van der Waals surface area (Å²) in [5.41, 5.74) is -0.239. The van der Waals surface area contributed by atoms with Crippen molar-refractivity contribution in [3.63, 3.8) is 0 Å². The predicted molar refractivity (Wildman–Crippen MR) is 128 cm³/mol. The van der Waals surface area contributed by atoms with Crippen molar-refractivity contribution in [2.75, 3.05) is 29.6 Å². The maximum Gasteiger partial charge on any atom is 0.433 e. The van der Waals surface area contributed by atoms with Gasteiger partial charge in [0.2, 0.25) is 0 Å². The van der Waals surface area contributed by atoms with Gasteiger partial charge < -0.3 is 10.2 Å². The molecule has 0 spiro atoms. The molecular formula is C22H25F5N8S. The van der Waals surface area contributed by atoms with Crippen molar-refractivity contribution in [2.24, 2.45) is 11.8 Å². The van der Waals surface area contributed by atoms with Crippen molar-refractivity contribution < 1.29 is 22.0 Å². The third-order valence-electron chi connectivity index (χ3n) is 6.02. The Hall–Kier alpha value is -3.03. The lowest BCUT2D eigenvalue weighted by atomic mass is 9.94. The number of nitrogens with zero attached hydrogens (tertiary/aromatic N) is 7. The van der Waals surface area contributed by atoms with Gasteiger partial charge in [0.25, 0.3) is 6.43 Å². The average Bonchev–Trinajstić information content (AvgIpc) is 2.99. The zero-order valence-corrected chi connectivity index (χ0v) is 20.2. The molecule has 0 saturated carbocycles. The molecule has 36 heavy (non-hydrogen) atoms. The van der Waals surface area contributed by atoms with Gasteiger partial charge in [0.05, 0.1) is 12.4 Å². The van der Waals surface area contributed by atoms with Crippen molar-refractivity contribution in [2.45, 2.75) is 38.0 Å². The van der Waals surface area contributed by atoms with E-state index in [2.05, 4.69) is 55.1 Å². The highest BCUT2D eigenvalue weighted by Gasteiger charge is 2.35. The molecule has 0 amide bonds. The minimum Gasteiger partial charge on any atom is -0.366 e. The summed E-state index contributed by atoms with van der Waals surface area (Å²) in [4.78, 5) is 18.0. The van der Waals surface area contributed by atoms with Crippen LogP contribution in [0.1, 0.15) is 18.5 Å². The molecule has 0 fully saturated rings. The largest absolute Gasteiger partial charge is 0.433 e. The number of fused-ring (bicyclic) bond motifs is 3. The summed E-state index contributed by atoms with van der Waals surface area (Å²) < 4.78 is 66.0. The molecule has 14 heteroatoms. The molecular weight excluding hydrogens is 503 g/mol. The number of alkyl halides is 5. The van der Waals surface area contributed by atoms with E-state index in [4.69, 9.17) is 0 Å². The fourth-order valence-electron chi connectivity index (χ4n) is 4.58. The summed E-state index contributed by atoms with van der Waals surface area (Å²) >= 11 is 3.53. The van der Waals surface area contributed by atoms with Crippen LogP contribution in [0.3, 0.4) is 0 Å². The lowest BCUT2D eigenvalue weighted by Crippen LogP contribution is -2.38. The molecule has 4 heterocycles. The van der Waals surface area contributed by atoms with E-state index in [1.807, 2.05) is 4.90 Å². The number of anilines is 2. The van der Waals surface area contributed by atoms with Gasteiger partial charge in [-0.1, -0.05) is 12.2 Å². The standard InChI is InChI=1S/C21H21F5N8.CH4S/c22-17(23)10-34-20-15(6-30-34)27-7-18(32-20)31-14-3-12-1-2-13(4-14)9-33(8-12)19-5-16(21(24,25)26)28-11-29-19;1-2/h1-2,5-7,11-14,17H,3-4,8-10H2,(H,31,32);2H,1H3. The van der Waals surface area contributed by atoms with Gasteiger partial charge in [-0.3, -0.25) is 0 Å². The number of hydrogen-bond donors (Lipinski definition) is 2. The van der Waals surface area contributed by atoms with E-state index < -0.39 is 24.8 Å². The second-order valence-electron chi connectivity index (χ2n) is 8.56. The first-order chi connectivity index (χ1) is 17.2. The highest BCUT2D eigenvalue weighted by Crippen LogP contribution is 2.33. The predicted octanol–water partition coefficient (Wildman–Crippen LogP) is 4.33. The molecule has 0 saturated heterocycles. The van der Waals surface area contributed by atoms with Crippen LogP contribution in [0.5, 0.6) is 0 Å². The quantitative estimate of drug-likeness (QED) is 0.290. The molecule has 2 atom stereocenters. The molecule has 1 aliphatic carbocycles. The Morgan fingerprint density at radius 2 is 1.75 bits per heavy atom. The van der Waals surface area contributed by atoms with Crippen molar-refractivity contribution in [3.05, 3.63) is 42.6 Å². The molecule has 3 aromatic heterocycles. The number of halogens is 5. The lowest BCUT2D eigenvalue weighted by Gasteiger charge is -2.33. The normalized spacial score (nSPS) is 21.8. The van der Waals surface area contributed by atoms with Gasteiger partial charge in [-0.15, -0.1) is 0 Å². The van der Waals surface area contributed by atoms with E-state index in [-0.39, 0.29) is 29.3 Å². The van der Waals surface area contributed by atoms with E-state index in [0.29, 0.717) is 24.4 Å². The average molecular weight is 529 g/mol. The Kier molecular flexibility index (Phi) is 7.91. The second kappa shape index (κ2) is 10.9. The minimum absolute atomic E-state index is 0.0292. The Balaban J connectivity index is 0.00000148. The van der Waals surface area contributed by atoms with Gasteiger partial charge in [0.1, 0.15) is 35.7 Å². The first-order valence-corrected chi connectivity index (χ1v) is 12.1. The summed E-state index contributed by atoms with van der Waals surface area (Å²) in [6.45, 7) is 0.477. The van der Waals surface area contributed by atoms with E-state index >= 15 is 0 Å². The van der Waals surface area contributed by atoms with Crippen LogP contribution in [0, 0.1) is 11.8 Å². The Morgan fingerprint density at radius 3 is 2.39 bits per heavy atom. The third kappa shape index (κ3) is 6.02. The SMILES string of the molecule is CS.FC(F)Cn1ncc2ncc(NC3CC4C=CC(C3)CN(c3cc(C(F)(F)F)ncn3)C4)nc21. The molecule has 2 aliphatic rings. The number of nitrogens with one attached hydrogen (secondary N) is 1. The van der Waals surface area contributed by atoms with Crippen molar-refractivity contribution in [1.29, 1.82) is 0 Å². The van der Waals surface area contributed by atoms with Gasteiger partial charge in [-0.2, -0.15) is 30.9 Å². The van der Waals surface area contributed by atoms with Crippen LogP contribution in [-0.2, 0) is 12.7 Å². The first-order valence-electron chi connectivity index (χ1n) is 11.2. The zero-order valence-electron chi connectivity index (χ0n) is 19.3. The fraction of sp³-hybridized carbons (Fsp3) is 0.500. The molecule has 1 aliphatic heterocycles. The fourth-order valence-corrected chi connectivity index (χ4v) is 4.58. The van der Waals surface area contributed by atoms with Crippen molar-refractivity contribution >= 4 is 35.4 Å². The third-order valence-corrected chi connectivity index (χ3v) is 6.02. The van der Waals surface area contributed by atoms with Gasteiger partial charge in [-0.25, -0.2) is 33.4 Å². The van der Waals surface area contributed by atoms with Crippen LogP contribution in [0.25, 0.3) is 11.2 Å². The topological polar surface area (TPSA) is 84.7 Å². The van der Waals surface area contributed by atoms with Gasteiger partial charge in [-0.05, 0) is 30.9 Å². The van der Waals surface area contributed by atoms with Crippen molar-refractivity contribution in [3.8, 4) is 0 Å². The van der Waals surface area contributed by atoms with Crippen LogP contribution in [0.15, 0.2) is 36.9 Å². The molecule has 1 N–H and O–H groups in total. The smallest absolute Gasteiger partial charge is 0.366 e. The summed E-state index contributed by atoms with van der Waals surface area (Å²) in [5.74, 6) is 0.887. The van der Waals surface area contributed by atoms with Crippen LogP contribution in [-0.4, -0.2) is 61.5 Å². The molecule has 2 unspecified atom stereocenters. The summed E-state index contributed by atoms with van der Waals surface area (Å²) in [6, 6.07) is 1.02. The van der Waals surface area contributed by atoms with E-state index in [9.17, 15) is 22.0 Å². The molecule has 194 valence electrons. The molecule has 5 rings (SSSR count). The first kappa shape index (κ1) is 26.0. The Bertz CT molecular complexity index is 1180. The maximum absolute atomic E-state index is 13.1. The maximum atomic E-state index is 13.1. The van der Waals surface area contributed by atoms with Crippen molar-refractivity contribution in [1.82, 2.24) is 29.7 Å². The number of aromatic nitrogens is 6. The highest BCUT2D eigenvalue weighted by atomic mass is 32.1. The van der Waals surface area contributed by atoms with Gasteiger partial charge in [0.15, 0.2) is 5.65 Å². The molecule has 0 radical (unpaired) electrons. The minimum atomic E-state index is -4.53. The Morgan fingerprint density at radius 1 is 1.06 bits per heavy atom. The second-order valence-corrected chi connectivity index (χ2v) is 8.56. The van der Waals surface area contributed by atoms with Crippen LogP contribution < -0.4 is 10.2 Å². The van der Waals surface area contributed by atoms with E-state index in [1.165, 1.54) is 6.20 Å². The van der Waals surface area contributed by atoms with Crippen LogP contribution in [0.4, 0.5) is 33.6 Å². The molecule has 3 aromatic rings. The zero-order chi connectivity index (χ0) is 25.9. The summed E-state index contributed by atoms with van der Waals surface area (Å²) in [5, 5.41) is 7.29. The molecule has 0 aromatic carbocycles.